The first-order valence-corrected chi connectivity index (χ1v) is 10.9. The van der Waals surface area contributed by atoms with Gasteiger partial charge in [-0.05, 0) is 31.6 Å². The Labute approximate surface area is 148 Å². The second-order valence-corrected chi connectivity index (χ2v) is 7.84. The number of nitrogens with two attached hydrogens (primary N) is 1. The van der Waals surface area contributed by atoms with Gasteiger partial charge in [-0.15, -0.1) is 0 Å². The normalized spacial score (nSPS) is 12.3. The van der Waals surface area contributed by atoms with Crippen molar-refractivity contribution in [3.05, 3.63) is 0 Å². The highest BCUT2D eigenvalue weighted by atomic mass is 14.8. The Kier molecular flexibility index (Phi) is 15.5. The summed E-state index contributed by atoms with van der Waals surface area (Å²) >= 11 is 0. The van der Waals surface area contributed by atoms with E-state index in [0.717, 1.165) is 5.92 Å². The second kappa shape index (κ2) is 15.5. The van der Waals surface area contributed by atoms with Crippen LogP contribution in [0.15, 0.2) is 0 Å². The molecule has 0 radical (unpaired) electrons. The Balaban J connectivity index is 4.74. The third kappa shape index (κ3) is 11.2. The molecule has 1 heteroatoms. The molecule has 0 fully saturated rings. The van der Waals surface area contributed by atoms with Crippen molar-refractivity contribution in [1.29, 1.82) is 0 Å². The molecule has 0 heterocycles. The van der Waals surface area contributed by atoms with Crippen molar-refractivity contribution in [1.82, 2.24) is 0 Å². The smallest absolute Gasteiger partial charge is 0.0182 e. The third-order valence-corrected chi connectivity index (χ3v) is 5.62. The lowest BCUT2D eigenvalue weighted by Gasteiger charge is -2.39. The number of unbranched alkanes of at least 4 members (excludes halogenated alkanes) is 8. The van der Waals surface area contributed by atoms with Crippen molar-refractivity contribution in [3.8, 4) is 0 Å². The zero-order valence-electron chi connectivity index (χ0n) is 17.0. The molecule has 1 nitrogen and oxygen atoms in total. The number of rotatable bonds is 17. The van der Waals surface area contributed by atoms with Gasteiger partial charge in [-0.25, -0.2) is 0 Å². The van der Waals surface area contributed by atoms with Gasteiger partial charge >= 0.3 is 0 Å². The molecule has 0 aliphatic heterocycles. The van der Waals surface area contributed by atoms with Crippen LogP contribution < -0.4 is 5.73 Å². The van der Waals surface area contributed by atoms with Crippen molar-refractivity contribution < 1.29 is 0 Å². The van der Waals surface area contributed by atoms with E-state index < -0.39 is 0 Å². The minimum atomic E-state index is 0.117. The van der Waals surface area contributed by atoms with Gasteiger partial charge in [0.25, 0.3) is 0 Å². The molecule has 0 aliphatic rings. The Morgan fingerprint density at radius 3 is 1.26 bits per heavy atom. The minimum absolute atomic E-state index is 0.117. The summed E-state index contributed by atoms with van der Waals surface area (Å²) in [5.41, 5.74) is 7.21. The first-order valence-electron chi connectivity index (χ1n) is 10.9. The van der Waals surface area contributed by atoms with E-state index in [1.165, 1.54) is 103 Å². The summed E-state index contributed by atoms with van der Waals surface area (Å²) in [6.45, 7) is 9.22. The Morgan fingerprint density at radius 2 is 0.913 bits per heavy atom. The van der Waals surface area contributed by atoms with Crippen molar-refractivity contribution in [3.63, 3.8) is 0 Å². The maximum absolute atomic E-state index is 7.09. The molecule has 0 bridgehead atoms. The molecule has 0 amide bonds. The van der Waals surface area contributed by atoms with Crippen LogP contribution in [0.4, 0.5) is 0 Å². The van der Waals surface area contributed by atoms with Crippen molar-refractivity contribution in [2.45, 2.75) is 136 Å². The largest absolute Gasteiger partial charge is 0.325 e. The summed E-state index contributed by atoms with van der Waals surface area (Å²) in [5.74, 6) is 0.759. The molecule has 0 aromatic heterocycles. The zero-order valence-corrected chi connectivity index (χ0v) is 17.0. The van der Waals surface area contributed by atoms with Crippen LogP contribution in [0.1, 0.15) is 130 Å². The second-order valence-electron chi connectivity index (χ2n) is 7.84. The van der Waals surface area contributed by atoms with Crippen LogP contribution in [0.2, 0.25) is 0 Å². The van der Waals surface area contributed by atoms with Crippen LogP contribution in [-0.2, 0) is 0 Å². The van der Waals surface area contributed by atoms with Crippen LogP contribution in [0, 0.1) is 5.92 Å². The summed E-state index contributed by atoms with van der Waals surface area (Å²) in [6.07, 6.45) is 21.4. The number of hydrogen-bond acceptors (Lipinski definition) is 1. The minimum Gasteiger partial charge on any atom is -0.325 e. The summed E-state index contributed by atoms with van der Waals surface area (Å²) in [5, 5.41) is 0. The lowest BCUT2D eigenvalue weighted by molar-refractivity contribution is 0.191. The van der Waals surface area contributed by atoms with Crippen LogP contribution in [0.25, 0.3) is 0 Å². The summed E-state index contributed by atoms with van der Waals surface area (Å²) in [6, 6.07) is 0. The van der Waals surface area contributed by atoms with E-state index in [4.69, 9.17) is 5.73 Å². The van der Waals surface area contributed by atoms with Gasteiger partial charge in [-0.1, -0.05) is 105 Å². The third-order valence-electron chi connectivity index (χ3n) is 5.62. The fourth-order valence-electron chi connectivity index (χ4n) is 3.94. The van der Waals surface area contributed by atoms with E-state index in [1.807, 2.05) is 0 Å². The molecule has 0 aliphatic carbocycles. The van der Waals surface area contributed by atoms with Gasteiger partial charge in [0.2, 0.25) is 0 Å². The molecule has 0 unspecified atom stereocenters. The van der Waals surface area contributed by atoms with Crippen molar-refractivity contribution in [2.24, 2.45) is 11.7 Å². The molecular weight excluding hydrogens is 278 g/mol. The van der Waals surface area contributed by atoms with Crippen LogP contribution in [0.3, 0.4) is 0 Å². The standard InChI is InChI=1S/C22H47N/c1-5-9-13-17-21(18-14-10-6-2)22(23,19-15-11-7-3)20-16-12-8-4/h21H,5-20,23H2,1-4H3. The SMILES string of the molecule is CCCCCC(CCCCC)C(N)(CCCCC)CCCCC. The molecular formula is C22H47N. The highest BCUT2D eigenvalue weighted by Gasteiger charge is 2.32. The maximum atomic E-state index is 7.09. The van der Waals surface area contributed by atoms with Gasteiger partial charge in [-0.3, -0.25) is 0 Å². The molecule has 23 heavy (non-hydrogen) atoms. The summed E-state index contributed by atoms with van der Waals surface area (Å²) < 4.78 is 0. The van der Waals surface area contributed by atoms with Gasteiger partial charge in [0.05, 0.1) is 0 Å². The number of hydrogen-bond donors (Lipinski definition) is 1. The Bertz CT molecular complexity index is 216. The average Bonchev–Trinajstić information content (AvgIpc) is 2.54. The van der Waals surface area contributed by atoms with Crippen molar-refractivity contribution >= 4 is 0 Å². The topological polar surface area (TPSA) is 26.0 Å². The lowest BCUT2D eigenvalue weighted by Crippen LogP contribution is -2.47. The van der Waals surface area contributed by atoms with Crippen molar-refractivity contribution in [2.75, 3.05) is 0 Å². The fraction of sp³-hybridized carbons (Fsp3) is 1.00. The first kappa shape index (κ1) is 23.0. The van der Waals surface area contributed by atoms with E-state index in [1.54, 1.807) is 0 Å². The Morgan fingerprint density at radius 1 is 0.565 bits per heavy atom. The molecule has 0 aromatic rings. The Hall–Kier alpha value is -0.0400. The fourth-order valence-corrected chi connectivity index (χ4v) is 3.94. The van der Waals surface area contributed by atoms with Gasteiger partial charge in [0, 0.05) is 5.54 Å². The van der Waals surface area contributed by atoms with E-state index in [2.05, 4.69) is 27.7 Å². The van der Waals surface area contributed by atoms with E-state index in [9.17, 15) is 0 Å². The maximum Gasteiger partial charge on any atom is 0.0182 e. The molecule has 0 spiro atoms. The van der Waals surface area contributed by atoms with Crippen LogP contribution in [-0.4, -0.2) is 5.54 Å². The quantitative estimate of drug-likeness (QED) is 0.273. The molecule has 0 aromatic carbocycles. The lowest BCUT2D eigenvalue weighted by atomic mass is 9.72. The molecule has 0 saturated heterocycles. The van der Waals surface area contributed by atoms with E-state index >= 15 is 0 Å². The molecule has 0 atom stereocenters. The predicted molar refractivity (Wildman–Crippen MR) is 107 cm³/mol. The summed E-state index contributed by atoms with van der Waals surface area (Å²) in [4.78, 5) is 0. The van der Waals surface area contributed by atoms with Gasteiger partial charge in [-0.2, -0.15) is 0 Å². The molecule has 0 saturated carbocycles. The predicted octanol–water partition coefficient (Wildman–Crippen LogP) is 7.62. The highest BCUT2D eigenvalue weighted by Crippen LogP contribution is 2.35. The van der Waals surface area contributed by atoms with E-state index in [0.29, 0.717) is 0 Å². The van der Waals surface area contributed by atoms with Gasteiger partial charge in [0.1, 0.15) is 0 Å². The first-order chi connectivity index (χ1) is 11.1. The van der Waals surface area contributed by atoms with Gasteiger partial charge < -0.3 is 5.73 Å². The van der Waals surface area contributed by atoms with Gasteiger partial charge in [0.15, 0.2) is 0 Å². The van der Waals surface area contributed by atoms with Crippen LogP contribution >= 0.6 is 0 Å². The molecule has 2 N–H and O–H groups in total. The molecule has 0 rings (SSSR count). The zero-order chi connectivity index (χ0) is 17.4. The van der Waals surface area contributed by atoms with Crippen LogP contribution in [0.5, 0.6) is 0 Å². The highest BCUT2D eigenvalue weighted by molar-refractivity contribution is 4.91. The summed E-state index contributed by atoms with van der Waals surface area (Å²) in [7, 11) is 0. The monoisotopic (exact) mass is 325 g/mol. The average molecular weight is 326 g/mol. The van der Waals surface area contributed by atoms with E-state index in [-0.39, 0.29) is 5.54 Å². The molecule has 140 valence electrons.